The molecule has 3 rings (SSSR count). The lowest BCUT2D eigenvalue weighted by molar-refractivity contribution is 1.03. The molecule has 2 aromatic carbocycles. The standard InChI is InChI=1S/C16H13IN2/c17-14-8-6-12(7-9-14)10-16-18-11-15(19-16)13-4-2-1-3-5-13/h1-9,11H,10H2,(H,18,19). The van der Waals surface area contributed by atoms with Crippen LogP contribution in [0.25, 0.3) is 11.3 Å². The van der Waals surface area contributed by atoms with E-state index in [2.05, 4.69) is 69.0 Å². The van der Waals surface area contributed by atoms with Gasteiger partial charge in [-0.2, -0.15) is 0 Å². The van der Waals surface area contributed by atoms with E-state index < -0.39 is 0 Å². The molecule has 0 atom stereocenters. The molecule has 0 unspecified atom stereocenters. The highest BCUT2D eigenvalue weighted by Gasteiger charge is 2.03. The first-order valence-corrected chi connectivity index (χ1v) is 7.23. The van der Waals surface area contributed by atoms with Gasteiger partial charge in [0, 0.05) is 9.99 Å². The van der Waals surface area contributed by atoms with Crippen LogP contribution in [-0.4, -0.2) is 9.97 Å². The van der Waals surface area contributed by atoms with Gasteiger partial charge in [-0.25, -0.2) is 4.98 Å². The van der Waals surface area contributed by atoms with Crippen LogP contribution in [0.2, 0.25) is 0 Å². The Bertz CT molecular complexity index is 657. The van der Waals surface area contributed by atoms with Crippen LogP contribution in [0.4, 0.5) is 0 Å². The summed E-state index contributed by atoms with van der Waals surface area (Å²) in [6.45, 7) is 0. The maximum Gasteiger partial charge on any atom is 0.110 e. The van der Waals surface area contributed by atoms with Crippen molar-refractivity contribution in [1.29, 1.82) is 0 Å². The molecule has 0 amide bonds. The fourth-order valence-electron chi connectivity index (χ4n) is 2.01. The van der Waals surface area contributed by atoms with E-state index >= 15 is 0 Å². The number of H-pyrrole nitrogens is 1. The molecule has 0 fully saturated rings. The van der Waals surface area contributed by atoms with Gasteiger partial charge in [-0.05, 0) is 45.9 Å². The maximum absolute atomic E-state index is 4.45. The Balaban J connectivity index is 1.80. The van der Waals surface area contributed by atoms with Crippen LogP contribution in [0, 0.1) is 3.57 Å². The highest BCUT2D eigenvalue weighted by atomic mass is 127. The fraction of sp³-hybridized carbons (Fsp3) is 0.0625. The second-order valence-corrected chi connectivity index (χ2v) is 5.66. The molecule has 2 nitrogen and oxygen atoms in total. The van der Waals surface area contributed by atoms with Crippen molar-refractivity contribution in [3.05, 3.63) is 75.8 Å². The Morgan fingerprint density at radius 3 is 2.42 bits per heavy atom. The summed E-state index contributed by atoms with van der Waals surface area (Å²) in [6, 6.07) is 18.8. The number of hydrogen-bond donors (Lipinski definition) is 1. The summed E-state index contributed by atoms with van der Waals surface area (Å²) in [5.41, 5.74) is 3.51. The zero-order valence-corrected chi connectivity index (χ0v) is 12.5. The first-order valence-electron chi connectivity index (χ1n) is 6.15. The van der Waals surface area contributed by atoms with Crippen LogP contribution < -0.4 is 0 Å². The quantitative estimate of drug-likeness (QED) is 0.695. The third-order valence-corrected chi connectivity index (χ3v) is 3.72. The predicted molar refractivity (Wildman–Crippen MR) is 86.0 cm³/mol. The van der Waals surface area contributed by atoms with Gasteiger partial charge in [0.2, 0.25) is 0 Å². The van der Waals surface area contributed by atoms with Gasteiger partial charge in [-0.3, -0.25) is 0 Å². The van der Waals surface area contributed by atoms with Crippen molar-refractivity contribution in [2.75, 3.05) is 0 Å². The summed E-state index contributed by atoms with van der Waals surface area (Å²) >= 11 is 2.32. The van der Waals surface area contributed by atoms with E-state index in [0.717, 1.165) is 17.9 Å². The van der Waals surface area contributed by atoms with Gasteiger partial charge >= 0.3 is 0 Å². The SMILES string of the molecule is Ic1ccc(Cc2ncc(-c3ccccc3)[nH]2)cc1. The first-order chi connectivity index (χ1) is 9.31. The summed E-state index contributed by atoms with van der Waals surface area (Å²) < 4.78 is 1.26. The zero-order valence-electron chi connectivity index (χ0n) is 10.3. The zero-order chi connectivity index (χ0) is 13.1. The molecule has 0 aliphatic rings. The minimum Gasteiger partial charge on any atom is -0.342 e. The molecule has 94 valence electrons. The molecule has 0 saturated heterocycles. The summed E-state index contributed by atoms with van der Waals surface area (Å²) in [7, 11) is 0. The van der Waals surface area contributed by atoms with Crippen LogP contribution in [0.5, 0.6) is 0 Å². The molecule has 1 aromatic heterocycles. The number of nitrogens with one attached hydrogen (secondary N) is 1. The third kappa shape index (κ3) is 3.04. The van der Waals surface area contributed by atoms with Gasteiger partial charge in [-0.15, -0.1) is 0 Å². The van der Waals surface area contributed by atoms with Crippen molar-refractivity contribution in [2.24, 2.45) is 0 Å². The van der Waals surface area contributed by atoms with Crippen LogP contribution in [0.1, 0.15) is 11.4 Å². The molecule has 3 aromatic rings. The highest BCUT2D eigenvalue weighted by molar-refractivity contribution is 14.1. The number of rotatable bonds is 3. The number of halogens is 1. The van der Waals surface area contributed by atoms with E-state index in [9.17, 15) is 0 Å². The Labute approximate surface area is 126 Å². The normalized spacial score (nSPS) is 10.6. The fourth-order valence-corrected chi connectivity index (χ4v) is 2.37. The summed E-state index contributed by atoms with van der Waals surface area (Å²) in [4.78, 5) is 7.83. The van der Waals surface area contributed by atoms with Crippen molar-refractivity contribution < 1.29 is 0 Å². The maximum atomic E-state index is 4.45. The number of benzene rings is 2. The molecule has 0 spiro atoms. The molecule has 1 heterocycles. The monoisotopic (exact) mass is 360 g/mol. The number of imidazole rings is 1. The Morgan fingerprint density at radius 1 is 0.947 bits per heavy atom. The van der Waals surface area contributed by atoms with Crippen LogP contribution >= 0.6 is 22.6 Å². The Morgan fingerprint density at radius 2 is 1.68 bits per heavy atom. The summed E-state index contributed by atoms with van der Waals surface area (Å²) in [5.74, 6) is 1.00. The molecule has 19 heavy (non-hydrogen) atoms. The summed E-state index contributed by atoms with van der Waals surface area (Å²) in [6.07, 6.45) is 2.74. The molecule has 0 bridgehead atoms. The van der Waals surface area contributed by atoms with E-state index in [1.54, 1.807) is 0 Å². The van der Waals surface area contributed by atoms with Gasteiger partial charge in [0.15, 0.2) is 0 Å². The second kappa shape index (κ2) is 5.57. The van der Waals surface area contributed by atoms with Gasteiger partial charge in [0.1, 0.15) is 5.82 Å². The van der Waals surface area contributed by atoms with Crippen molar-refractivity contribution in [2.45, 2.75) is 6.42 Å². The van der Waals surface area contributed by atoms with E-state index in [1.165, 1.54) is 14.7 Å². The molecule has 0 radical (unpaired) electrons. The third-order valence-electron chi connectivity index (χ3n) is 3.00. The Kier molecular flexibility index (Phi) is 3.64. The topological polar surface area (TPSA) is 28.7 Å². The van der Waals surface area contributed by atoms with Gasteiger partial charge in [0.05, 0.1) is 11.9 Å². The lowest BCUT2D eigenvalue weighted by Gasteiger charge is -1.99. The van der Waals surface area contributed by atoms with E-state index in [-0.39, 0.29) is 0 Å². The van der Waals surface area contributed by atoms with Gasteiger partial charge in [-0.1, -0.05) is 42.5 Å². The van der Waals surface area contributed by atoms with Crippen molar-refractivity contribution in [1.82, 2.24) is 9.97 Å². The highest BCUT2D eigenvalue weighted by Crippen LogP contribution is 2.17. The molecule has 0 saturated carbocycles. The molecule has 0 aliphatic carbocycles. The van der Waals surface area contributed by atoms with Crippen molar-refractivity contribution in [3.8, 4) is 11.3 Å². The number of aromatic amines is 1. The lowest BCUT2D eigenvalue weighted by Crippen LogP contribution is -1.90. The van der Waals surface area contributed by atoms with Crippen LogP contribution in [0.15, 0.2) is 60.8 Å². The van der Waals surface area contributed by atoms with E-state index in [1.807, 2.05) is 24.4 Å². The number of nitrogens with zero attached hydrogens (tertiary/aromatic N) is 1. The van der Waals surface area contributed by atoms with E-state index in [4.69, 9.17) is 0 Å². The van der Waals surface area contributed by atoms with Crippen molar-refractivity contribution >= 4 is 22.6 Å². The smallest absolute Gasteiger partial charge is 0.110 e. The summed E-state index contributed by atoms with van der Waals surface area (Å²) in [5, 5.41) is 0. The van der Waals surface area contributed by atoms with Gasteiger partial charge in [0.25, 0.3) is 0 Å². The molecular formula is C16H13IN2. The molecule has 0 aliphatic heterocycles. The average molecular weight is 360 g/mol. The van der Waals surface area contributed by atoms with Crippen LogP contribution in [0.3, 0.4) is 0 Å². The molecule has 1 N–H and O–H groups in total. The molecule has 3 heteroatoms. The minimum absolute atomic E-state index is 0.837. The molecular weight excluding hydrogens is 347 g/mol. The van der Waals surface area contributed by atoms with Crippen LogP contribution in [-0.2, 0) is 6.42 Å². The number of aromatic nitrogens is 2. The largest absolute Gasteiger partial charge is 0.342 e. The predicted octanol–water partition coefficient (Wildman–Crippen LogP) is 4.27. The van der Waals surface area contributed by atoms with Gasteiger partial charge < -0.3 is 4.98 Å². The number of hydrogen-bond acceptors (Lipinski definition) is 1. The minimum atomic E-state index is 0.837. The average Bonchev–Trinajstić information content (AvgIpc) is 2.91. The Hall–Kier alpha value is -1.62. The van der Waals surface area contributed by atoms with Crippen molar-refractivity contribution in [3.63, 3.8) is 0 Å². The lowest BCUT2D eigenvalue weighted by atomic mass is 10.1. The second-order valence-electron chi connectivity index (χ2n) is 4.41. The van der Waals surface area contributed by atoms with E-state index in [0.29, 0.717) is 0 Å². The first kappa shape index (κ1) is 12.4.